The molecule has 1 N–H and O–H groups in total. The van der Waals surface area contributed by atoms with Crippen LogP contribution in [0, 0.1) is 25.6 Å². The minimum atomic E-state index is -0.150. The average molecular weight is 265 g/mol. The molecule has 1 saturated heterocycles. The smallest absolute Gasteiger partial charge is 0.123 e. The lowest BCUT2D eigenvalue weighted by Gasteiger charge is -2.29. The normalized spacial score (nSPS) is 24.7. The van der Waals surface area contributed by atoms with Gasteiger partial charge in [0.2, 0.25) is 0 Å². The summed E-state index contributed by atoms with van der Waals surface area (Å²) in [4.78, 5) is 0. The van der Waals surface area contributed by atoms with E-state index in [0.29, 0.717) is 12.0 Å². The number of ether oxygens (including phenoxy) is 1. The van der Waals surface area contributed by atoms with Crippen molar-refractivity contribution < 1.29 is 9.13 Å². The molecule has 2 rings (SSSR count). The fourth-order valence-corrected chi connectivity index (χ4v) is 3.45. The van der Waals surface area contributed by atoms with Gasteiger partial charge in [-0.2, -0.15) is 0 Å². The van der Waals surface area contributed by atoms with Crippen molar-refractivity contribution in [3.05, 3.63) is 34.6 Å². The molecule has 1 aromatic carbocycles. The van der Waals surface area contributed by atoms with Gasteiger partial charge >= 0.3 is 0 Å². The van der Waals surface area contributed by atoms with Crippen molar-refractivity contribution in [2.45, 2.75) is 45.8 Å². The molecule has 1 fully saturated rings. The first-order chi connectivity index (χ1) is 9.08. The van der Waals surface area contributed by atoms with Gasteiger partial charge < -0.3 is 10.1 Å². The molecule has 3 heteroatoms. The highest BCUT2D eigenvalue weighted by Crippen LogP contribution is 2.37. The van der Waals surface area contributed by atoms with Crippen LogP contribution in [0.4, 0.5) is 4.39 Å². The lowest BCUT2D eigenvalue weighted by atomic mass is 9.83. The van der Waals surface area contributed by atoms with E-state index in [-0.39, 0.29) is 11.9 Å². The minimum absolute atomic E-state index is 0.150. The third-order valence-electron chi connectivity index (χ3n) is 4.27. The molecule has 0 radical (unpaired) electrons. The Balaban J connectivity index is 2.37. The monoisotopic (exact) mass is 265 g/mol. The molecule has 106 valence electrons. The zero-order chi connectivity index (χ0) is 14.0. The van der Waals surface area contributed by atoms with Crippen molar-refractivity contribution in [1.29, 1.82) is 0 Å². The second-order valence-electron chi connectivity index (χ2n) is 5.49. The van der Waals surface area contributed by atoms with E-state index in [1.165, 1.54) is 5.56 Å². The molecule has 1 aliphatic heterocycles. The van der Waals surface area contributed by atoms with Gasteiger partial charge in [-0.25, -0.2) is 4.39 Å². The largest absolute Gasteiger partial charge is 0.378 e. The van der Waals surface area contributed by atoms with Gasteiger partial charge in [0, 0.05) is 18.6 Å². The van der Waals surface area contributed by atoms with Gasteiger partial charge in [-0.05, 0) is 62.6 Å². The molecule has 0 aliphatic carbocycles. The van der Waals surface area contributed by atoms with Crippen LogP contribution >= 0.6 is 0 Å². The summed E-state index contributed by atoms with van der Waals surface area (Å²) in [6, 6.07) is 3.50. The molecular weight excluding hydrogens is 241 g/mol. The Kier molecular flexibility index (Phi) is 4.58. The number of rotatable bonds is 4. The predicted molar refractivity (Wildman–Crippen MR) is 75.8 cm³/mol. The summed E-state index contributed by atoms with van der Waals surface area (Å²) in [5, 5.41) is 3.42. The molecule has 2 nitrogen and oxygen atoms in total. The van der Waals surface area contributed by atoms with Crippen LogP contribution in [0.2, 0.25) is 0 Å². The Morgan fingerprint density at radius 3 is 2.53 bits per heavy atom. The van der Waals surface area contributed by atoms with Gasteiger partial charge in [0.15, 0.2) is 0 Å². The summed E-state index contributed by atoms with van der Waals surface area (Å²) in [7, 11) is 1.98. The quantitative estimate of drug-likeness (QED) is 0.899. The van der Waals surface area contributed by atoms with E-state index >= 15 is 0 Å². The molecule has 1 aliphatic rings. The fraction of sp³-hybridized carbons (Fsp3) is 0.625. The number of benzene rings is 1. The van der Waals surface area contributed by atoms with E-state index in [0.717, 1.165) is 30.6 Å². The van der Waals surface area contributed by atoms with E-state index in [4.69, 9.17) is 4.74 Å². The fourth-order valence-electron chi connectivity index (χ4n) is 3.45. The Morgan fingerprint density at radius 1 is 1.37 bits per heavy atom. The van der Waals surface area contributed by atoms with E-state index < -0.39 is 0 Å². The third kappa shape index (κ3) is 2.82. The van der Waals surface area contributed by atoms with Gasteiger partial charge in [-0.1, -0.05) is 6.92 Å². The zero-order valence-corrected chi connectivity index (χ0v) is 12.3. The van der Waals surface area contributed by atoms with Crippen LogP contribution in [0.15, 0.2) is 12.1 Å². The van der Waals surface area contributed by atoms with Crippen molar-refractivity contribution >= 4 is 0 Å². The molecule has 0 spiro atoms. The van der Waals surface area contributed by atoms with Crippen LogP contribution < -0.4 is 5.32 Å². The zero-order valence-electron chi connectivity index (χ0n) is 12.3. The second-order valence-corrected chi connectivity index (χ2v) is 5.49. The van der Waals surface area contributed by atoms with Crippen molar-refractivity contribution in [3.63, 3.8) is 0 Å². The first kappa shape index (κ1) is 14.5. The van der Waals surface area contributed by atoms with Crippen LogP contribution in [-0.2, 0) is 4.74 Å². The Bertz CT molecular complexity index is 423. The second kappa shape index (κ2) is 6.02. The number of hydrogen-bond donors (Lipinski definition) is 1. The molecule has 1 heterocycles. The Morgan fingerprint density at radius 2 is 2.00 bits per heavy atom. The summed E-state index contributed by atoms with van der Waals surface area (Å²) in [6.45, 7) is 6.99. The van der Waals surface area contributed by atoms with E-state index in [1.807, 2.05) is 20.9 Å². The standard InChI is InChI=1S/C16H24FNO/c1-5-14-13(6-7-19-14)16(18-4)15-10(2)8-12(17)9-11(15)3/h8-9,13-14,16,18H,5-7H2,1-4H3. The van der Waals surface area contributed by atoms with E-state index in [1.54, 1.807) is 12.1 Å². The van der Waals surface area contributed by atoms with Crippen molar-refractivity contribution in [2.75, 3.05) is 13.7 Å². The first-order valence-corrected chi connectivity index (χ1v) is 7.14. The van der Waals surface area contributed by atoms with Crippen LogP contribution in [0.3, 0.4) is 0 Å². The maximum absolute atomic E-state index is 13.5. The van der Waals surface area contributed by atoms with Gasteiger partial charge in [0.25, 0.3) is 0 Å². The number of halogens is 1. The van der Waals surface area contributed by atoms with Gasteiger partial charge in [0.1, 0.15) is 5.82 Å². The summed E-state index contributed by atoms with van der Waals surface area (Å²) >= 11 is 0. The Labute approximate surface area is 115 Å². The highest BCUT2D eigenvalue weighted by molar-refractivity contribution is 5.37. The van der Waals surface area contributed by atoms with Gasteiger partial charge in [-0.3, -0.25) is 0 Å². The van der Waals surface area contributed by atoms with E-state index in [2.05, 4.69) is 12.2 Å². The summed E-state index contributed by atoms with van der Waals surface area (Å²) < 4.78 is 19.3. The van der Waals surface area contributed by atoms with Gasteiger partial charge in [-0.15, -0.1) is 0 Å². The summed E-state index contributed by atoms with van der Waals surface area (Å²) in [6.07, 6.45) is 2.41. The molecule has 0 aromatic heterocycles. The number of aryl methyl sites for hydroxylation is 2. The van der Waals surface area contributed by atoms with Gasteiger partial charge in [0.05, 0.1) is 6.10 Å². The average Bonchev–Trinajstić information content (AvgIpc) is 2.81. The summed E-state index contributed by atoms with van der Waals surface area (Å²) in [5.74, 6) is 0.321. The molecule has 1 aromatic rings. The highest BCUT2D eigenvalue weighted by atomic mass is 19.1. The van der Waals surface area contributed by atoms with Crippen LogP contribution in [-0.4, -0.2) is 19.8 Å². The molecule has 19 heavy (non-hydrogen) atoms. The van der Waals surface area contributed by atoms with Crippen molar-refractivity contribution in [2.24, 2.45) is 5.92 Å². The lowest BCUT2D eigenvalue weighted by molar-refractivity contribution is 0.0781. The Hall–Kier alpha value is -0.930. The van der Waals surface area contributed by atoms with Crippen LogP contribution in [0.5, 0.6) is 0 Å². The first-order valence-electron chi connectivity index (χ1n) is 7.14. The number of nitrogens with one attached hydrogen (secondary N) is 1. The van der Waals surface area contributed by atoms with Crippen LogP contribution in [0.1, 0.15) is 42.5 Å². The molecule has 0 bridgehead atoms. The maximum atomic E-state index is 13.5. The predicted octanol–water partition coefficient (Wildman–Crippen LogP) is 3.52. The molecule has 0 saturated carbocycles. The molecule has 3 atom stereocenters. The molecular formula is C16H24FNO. The molecule has 0 amide bonds. The third-order valence-corrected chi connectivity index (χ3v) is 4.27. The van der Waals surface area contributed by atoms with E-state index in [9.17, 15) is 4.39 Å². The summed E-state index contributed by atoms with van der Waals surface area (Å²) in [5.41, 5.74) is 3.29. The lowest BCUT2D eigenvalue weighted by Crippen LogP contribution is -2.31. The maximum Gasteiger partial charge on any atom is 0.123 e. The topological polar surface area (TPSA) is 21.3 Å². The minimum Gasteiger partial charge on any atom is -0.378 e. The SMILES string of the molecule is CCC1OCCC1C(NC)c1c(C)cc(F)cc1C. The molecule has 3 unspecified atom stereocenters. The van der Waals surface area contributed by atoms with Crippen molar-refractivity contribution in [1.82, 2.24) is 5.32 Å². The van der Waals surface area contributed by atoms with Crippen LogP contribution in [0.25, 0.3) is 0 Å². The van der Waals surface area contributed by atoms with Crippen molar-refractivity contribution in [3.8, 4) is 0 Å². The highest BCUT2D eigenvalue weighted by Gasteiger charge is 2.34. The number of hydrogen-bond acceptors (Lipinski definition) is 2.